The molecule has 0 atom stereocenters. The van der Waals surface area contributed by atoms with E-state index >= 15 is 0 Å². The Labute approximate surface area is 170 Å². The van der Waals surface area contributed by atoms with E-state index in [1.807, 2.05) is 47.6 Å². The molecule has 1 aliphatic rings. The fourth-order valence-electron chi connectivity index (χ4n) is 3.13. The lowest BCUT2D eigenvalue weighted by Crippen LogP contribution is -2.44. The summed E-state index contributed by atoms with van der Waals surface area (Å²) in [6.07, 6.45) is 0. The predicted molar refractivity (Wildman–Crippen MR) is 116 cm³/mol. The first-order valence-corrected chi connectivity index (χ1v) is 9.74. The number of nitrogens with zero attached hydrogens (tertiary/aromatic N) is 4. The molecule has 3 aromatic carbocycles. The highest BCUT2D eigenvalue weighted by Gasteiger charge is 2.28. The minimum absolute atomic E-state index is 0.0431. The Morgan fingerprint density at radius 1 is 0.931 bits per heavy atom. The summed E-state index contributed by atoms with van der Waals surface area (Å²) in [6, 6.07) is 26.4. The van der Waals surface area contributed by atoms with Crippen molar-refractivity contribution in [1.82, 2.24) is 5.43 Å². The van der Waals surface area contributed by atoms with E-state index in [1.54, 1.807) is 28.6 Å². The molecule has 29 heavy (non-hydrogen) atoms. The number of hydrazine groups is 2. The summed E-state index contributed by atoms with van der Waals surface area (Å²) in [5.74, 6) is 0.696. The number of benzene rings is 3. The normalized spacial score (nSPS) is 13.4. The van der Waals surface area contributed by atoms with E-state index in [-0.39, 0.29) is 5.69 Å². The molecule has 8 heteroatoms. The fourth-order valence-corrected chi connectivity index (χ4v) is 4.14. The van der Waals surface area contributed by atoms with Crippen LogP contribution in [0.5, 0.6) is 0 Å². The second kappa shape index (κ2) is 6.92. The van der Waals surface area contributed by atoms with Gasteiger partial charge in [0.1, 0.15) is 5.00 Å². The Bertz CT molecular complexity index is 1190. The number of fused-ring (bicyclic) bond motifs is 1. The van der Waals surface area contributed by atoms with Crippen molar-refractivity contribution in [3.8, 4) is 0 Å². The molecule has 0 fully saturated rings. The van der Waals surface area contributed by atoms with Crippen molar-refractivity contribution in [3.63, 3.8) is 0 Å². The van der Waals surface area contributed by atoms with Crippen LogP contribution in [-0.4, -0.2) is 10.8 Å². The molecular formula is C21H15N5O2S. The smallest absolute Gasteiger partial charge is 0.258 e. The SMILES string of the molecule is O=[N+]([O-])c1ccc(N2N=C(c3ccccc3)NN2c2cc3ccccc3s2)cc1. The maximum atomic E-state index is 11.0. The summed E-state index contributed by atoms with van der Waals surface area (Å²) in [4.78, 5) is 10.6. The molecule has 1 N–H and O–H groups in total. The average molecular weight is 401 g/mol. The van der Waals surface area contributed by atoms with E-state index in [0.717, 1.165) is 16.0 Å². The molecule has 0 amide bonds. The zero-order chi connectivity index (χ0) is 19.8. The van der Waals surface area contributed by atoms with Gasteiger partial charge in [0.25, 0.3) is 5.69 Å². The number of hydrogen-bond acceptors (Lipinski definition) is 7. The van der Waals surface area contributed by atoms with Crippen molar-refractivity contribution in [2.45, 2.75) is 0 Å². The summed E-state index contributed by atoms with van der Waals surface area (Å²) < 4.78 is 1.17. The van der Waals surface area contributed by atoms with Gasteiger partial charge >= 0.3 is 0 Å². The molecule has 2 heterocycles. The summed E-state index contributed by atoms with van der Waals surface area (Å²) >= 11 is 1.64. The Morgan fingerprint density at radius 2 is 1.66 bits per heavy atom. The Kier molecular flexibility index (Phi) is 4.10. The summed E-state index contributed by atoms with van der Waals surface area (Å²) in [7, 11) is 0. The van der Waals surface area contributed by atoms with Crippen molar-refractivity contribution in [3.05, 3.63) is 101 Å². The molecule has 1 aliphatic heterocycles. The number of amidine groups is 1. The van der Waals surface area contributed by atoms with Gasteiger partial charge < -0.3 is 0 Å². The number of anilines is 2. The molecule has 142 valence electrons. The zero-order valence-corrected chi connectivity index (χ0v) is 15.9. The van der Waals surface area contributed by atoms with Crippen molar-refractivity contribution >= 4 is 43.6 Å². The summed E-state index contributed by atoms with van der Waals surface area (Å²) in [5.41, 5.74) is 5.06. The van der Waals surface area contributed by atoms with E-state index in [0.29, 0.717) is 11.5 Å². The van der Waals surface area contributed by atoms with Gasteiger partial charge in [0, 0.05) is 22.4 Å². The molecule has 0 radical (unpaired) electrons. The molecule has 4 aromatic rings. The second-order valence-corrected chi connectivity index (χ2v) is 7.49. The first kappa shape index (κ1) is 17.2. The number of nitro groups is 1. The average Bonchev–Trinajstić information content (AvgIpc) is 3.39. The van der Waals surface area contributed by atoms with E-state index in [4.69, 9.17) is 5.10 Å². The molecular weight excluding hydrogens is 386 g/mol. The predicted octanol–water partition coefficient (Wildman–Crippen LogP) is 4.92. The molecule has 0 spiro atoms. The maximum absolute atomic E-state index is 11.0. The first-order valence-electron chi connectivity index (χ1n) is 8.93. The third kappa shape index (κ3) is 3.15. The van der Waals surface area contributed by atoms with Gasteiger partial charge in [-0.3, -0.25) is 15.5 Å². The van der Waals surface area contributed by atoms with Gasteiger partial charge in [0.05, 0.1) is 10.6 Å². The molecule has 0 saturated carbocycles. The molecule has 5 rings (SSSR count). The molecule has 0 saturated heterocycles. The highest BCUT2D eigenvalue weighted by atomic mass is 32.1. The summed E-state index contributed by atoms with van der Waals surface area (Å²) in [5, 5.41) is 21.4. The van der Waals surface area contributed by atoms with E-state index < -0.39 is 4.92 Å². The Morgan fingerprint density at radius 3 is 2.38 bits per heavy atom. The van der Waals surface area contributed by atoms with Gasteiger partial charge in [0.2, 0.25) is 0 Å². The lowest BCUT2D eigenvalue weighted by atomic mass is 10.2. The number of hydrazone groups is 1. The largest absolute Gasteiger partial charge is 0.269 e. The van der Waals surface area contributed by atoms with Gasteiger partial charge in [-0.05, 0) is 29.7 Å². The van der Waals surface area contributed by atoms with Crippen LogP contribution in [0.3, 0.4) is 0 Å². The van der Waals surface area contributed by atoms with E-state index in [9.17, 15) is 10.1 Å². The number of rotatable bonds is 4. The Balaban J connectivity index is 1.57. The van der Waals surface area contributed by atoms with Gasteiger partial charge in [-0.1, -0.05) is 48.5 Å². The highest BCUT2D eigenvalue weighted by molar-refractivity contribution is 7.22. The lowest BCUT2D eigenvalue weighted by Gasteiger charge is -2.26. The molecule has 0 aliphatic carbocycles. The van der Waals surface area contributed by atoms with Crippen molar-refractivity contribution in [1.29, 1.82) is 0 Å². The van der Waals surface area contributed by atoms with E-state index in [2.05, 4.69) is 23.6 Å². The van der Waals surface area contributed by atoms with Gasteiger partial charge in [0.15, 0.2) is 5.84 Å². The maximum Gasteiger partial charge on any atom is 0.269 e. The van der Waals surface area contributed by atoms with Crippen LogP contribution in [0.4, 0.5) is 16.4 Å². The first-order chi connectivity index (χ1) is 14.2. The third-order valence-corrected chi connectivity index (χ3v) is 5.65. The van der Waals surface area contributed by atoms with Crippen LogP contribution in [0, 0.1) is 10.1 Å². The Hall–Kier alpha value is -3.91. The number of nitro benzene ring substituents is 1. The van der Waals surface area contributed by atoms with Crippen molar-refractivity contribution < 1.29 is 4.92 Å². The zero-order valence-electron chi connectivity index (χ0n) is 15.1. The number of hydrogen-bond donors (Lipinski definition) is 1. The second-order valence-electron chi connectivity index (χ2n) is 6.42. The standard InChI is InChI=1S/C21H15N5O2S/c27-26(28)18-12-10-17(11-13-18)24-22-21(15-6-2-1-3-7-15)23-25(24)20-14-16-8-4-5-9-19(16)29-20/h1-14H,(H,22,23). The van der Waals surface area contributed by atoms with Crippen molar-refractivity contribution in [2.24, 2.45) is 5.10 Å². The van der Waals surface area contributed by atoms with Gasteiger partial charge in [-0.2, -0.15) is 10.2 Å². The van der Waals surface area contributed by atoms with Crippen LogP contribution in [0.1, 0.15) is 5.56 Å². The van der Waals surface area contributed by atoms with Crippen LogP contribution < -0.4 is 15.7 Å². The van der Waals surface area contributed by atoms with Crippen LogP contribution in [0.15, 0.2) is 90.0 Å². The van der Waals surface area contributed by atoms with Crippen LogP contribution in [0.2, 0.25) is 0 Å². The summed E-state index contributed by atoms with van der Waals surface area (Å²) in [6.45, 7) is 0. The van der Waals surface area contributed by atoms with Crippen molar-refractivity contribution in [2.75, 3.05) is 10.2 Å². The highest BCUT2D eigenvalue weighted by Crippen LogP contribution is 2.35. The minimum Gasteiger partial charge on any atom is -0.258 e. The number of non-ortho nitro benzene ring substituents is 1. The lowest BCUT2D eigenvalue weighted by molar-refractivity contribution is -0.384. The van der Waals surface area contributed by atoms with Crippen LogP contribution in [-0.2, 0) is 0 Å². The molecule has 1 aromatic heterocycles. The molecule has 0 unspecified atom stereocenters. The minimum atomic E-state index is -0.408. The molecule has 7 nitrogen and oxygen atoms in total. The van der Waals surface area contributed by atoms with Gasteiger partial charge in [-0.15, -0.1) is 16.4 Å². The number of nitrogens with one attached hydrogen (secondary N) is 1. The topological polar surface area (TPSA) is 74.0 Å². The molecule has 0 bridgehead atoms. The fraction of sp³-hybridized carbons (Fsp3) is 0. The quantitative estimate of drug-likeness (QED) is 0.388. The van der Waals surface area contributed by atoms with Crippen LogP contribution in [0.25, 0.3) is 10.1 Å². The van der Waals surface area contributed by atoms with Gasteiger partial charge in [-0.25, -0.2) is 0 Å². The van der Waals surface area contributed by atoms with Crippen LogP contribution >= 0.6 is 11.3 Å². The monoisotopic (exact) mass is 401 g/mol. The number of thiophene rings is 1. The third-order valence-electron chi connectivity index (χ3n) is 4.56. The van der Waals surface area contributed by atoms with E-state index in [1.165, 1.54) is 16.8 Å².